The highest BCUT2D eigenvalue weighted by Gasteiger charge is 2.46. The van der Waals surface area contributed by atoms with Crippen molar-refractivity contribution in [2.24, 2.45) is 0 Å². The zero-order valence-electron chi connectivity index (χ0n) is 19.7. The minimum absolute atomic E-state index is 0.109. The zero-order valence-corrected chi connectivity index (χ0v) is 19.7. The van der Waals surface area contributed by atoms with Crippen LogP contribution in [0.25, 0.3) is 5.76 Å². The summed E-state index contributed by atoms with van der Waals surface area (Å²) in [4.78, 5) is 40.7. The number of hydrogen-bond acceptors (Lipinski definition) is 8. The number of nitro groups is 1. The van der Waals surface area contributed by atoms with Gasteiger partial charge in [0.1, 0.15) is 18.1 Å². The number of carbonyl (C=O) groups excluding carboxylic acids is 2. The van der Waals surface area contributed by atoms with Crippen LogP contribution in [0.5, 0.6) is 5.75 Å². The molecule has 4 rings (SSSR count). The van der Waals surface area contributed by atoms with Crippen LogP contribution < -0.4 is 4.74 Å². The number of rotatable bonds is 9. The number of amides is 1. The van der Waals surface area contributed by atoms with Gasteiger partial charge >= 0.3 is 0 Å². The maximum Gasteiger partial charge on any atom is 0.295 e. The summed E-state index contributed by atoms with van der Waals surface area (Å²) in [5, 5.41) is 22.6. The third kappa shape index (κ3) is 5.29. The van der Waals surface area contributed by atoms with Crippen LogP contribution in [0.15, 0.2) is 66.8 Å². The van der Waals surface area contributed by atoms with E-state index in [-0.39, 0.29) is 23.6 Å². The maximum absolute atomic E-state index is 13.2. The van der Waals surface area contributed by atoms with Gasteiger partial charge in [0.05, 0.1) is 29.8 Å². The van der Waals surface area contributed by atoms with Crippen molar-refractivity contribution in [2.45, 2.75) is 6.04 Å². The number of Topliss-reactive ketones (excluding diaryl/α,β-unsaturated/α-hetero) is 1. The molecule has 0 radical (unpaired) electrons. The molecule has 1 atom stereocenters. The summed E-state index contributed by atoms with van der Waals surface area (Å²) in [6.07, 6.45) is 1.60. The summed E-state index contributed by atoms with van der Waals surface area (Å²) in [6.45, 7) is 7.18. The van der Waals surface area contributed by atoms with Gasteiger partial charge in [-0.3, -0.25) is 24.6 Å². The number of aliphatic hydroxyl groups is 1. The van der Waals surface area contributed by atoms with Crippen LogP contribution in [0.3, 0.4) is 0 Å². The molecule has 0 saturated carbocycles. The van der Waals surface area contributed by atoms with Crippen LogP contribution in [-0.4, -0.2) is 77.5 Å². The predicted octanol–water partition coefficient (Wildman–Crippen LogP) is 2.91. The zero-order chi connectivity index (χ0) is 25.7. The lowest BCUT2D eigenvalue weighted by atomic mass is 9.95. The number of aliphatic hydroxyl groups excluding tert-OH is 1. The van der Waals surface area contributed by atoms with Gasteiger partial charge in [-0.05, 0) is 29.8 Å². The van der Waals surface area contributed by atoms with Gasteiger partial charge < -0.3 is 19.5 Å². The number of benzene rings is 2. The Balaban J connectivity index is 1.73. The standard InChI is InChI=1S/C26H27N3O7/c1-2-14-36-21-8-6-18(7-9-21)24(30)22-23(19-4-3-5-20(17-19)29(33)34)28(26(32)25(22)31)11-10-27-12-15-35-16-13-27/h2-9,17,23,30H,1,10-16H2/b24-22+/t23-/m1/s1. The summed E-state index contributed by atoms with van der Waals surface area (Å²) in [5.74, 6) is -1.40. The Kier molecular flexibility index (Phi) is 7.77. The Labute approximate surface area is 208 Å². The molecule has 1 amide bonds. The van der Waals surface area contributed by atoms with E-state index in [2.05, 4.69) is 11.5 Å². The highest BCUT2D eigenvalue weighted by Crippen LogP contribution is 2.40. The second-order valence-electron chi connectivity index (χ2n) is 8.42. The molecule has 36 heavy (non-hydrogen) atoms. The fourth-order valence-electron chi connectivity index (χ4n) is 4.36. The van der Waals surface area contributed by atoms with Gasteiger partial charge in [0.2, 0.25) is 0 Å². The first kappa shape index (κ1) is 25.1. The predicted molar refractivity (Wildman–Crippen MR) is 131 cm³/mol. The SMILES string of the molecule is C=CCOc1ccc(/C(O)=C2\C(=O)C(=O)N(CCN3CCOCC3)[C@@H]2c2cccc([N+](=O)[O-])c2)cc1. The van der Waals surface area contributed by atoms with E-state index in [4.69, 9.17) is 9.47 Å². The molecule has 2 fully saturated rings. The summed E-state index contributed by atoms with van der Waals surface area (Å²) in [7, 11) is 0. The highest BCUT2D eigenvalue weighted by molar-refractivity contribution is 6.46. The van der Waals surface area contributed by atoms with E-state index in [9.17, 15) is 24.8 Å². The fourth-order valence-corrected chi connectivity index (χ4v) is 4.36. The second kappa shape index (κ2) is 11.1. The van der Waals surface area contributed by atoms with Crippen LogP contribution in [0.2, 0.25) is 0 Å². The lowest BCUT2D eigenvalue weighted by Crippen LogP contribution is -2.42. The molecule has 10 heteroatoms. The molecule has 2 saturated heterocycles. The third-order valence-corrected chi connectivity index (χ3v) is 6.19. The number of carbonyl (C=O) groups is 2. The van der Waals surface area contributed by atoms with Gasteiger partial charge in [0, 0.05) is 43.9 Å². The monoisotopic (exact) mass is 493 g/mol. The van der Waals surface area contributed by atoms with Crippen molar-refractivity contribution in [3.8, 4) is 5.75 Å². The number of likely N-dealkylation sites (tertiary alicyclic amines) is 1. The van der Waals surface area contributed by atoms with E-state index in [1.165, 1.54) is 23.1 Å². The number of nitro benzene ring substituents is 1. The first-order chi connectivity index (χ1) is 17.4. The number of hydrogen-bond donors (Lipinski definition) is 1. The van der Waals surface area contributed by atoms with Gasteiger partial charge in [-0.2, -0.15) is 0 Å². The quantitative estimate of drug-likeness (QED) is 0.141. The molecule has 0 aromatic heterocycles. The average molecular weight is 494 g/mol. The minimum Gasteiger partial charge on any atom is -0.507 e. The van der Waals surface area contributed by atoms with E-state index < -0.39 is 22.7 Å². The van der Waals surface area contributed by atoms with Crippen molar-refractivity contribution in [1.82, 2.24) is 9.80 Å². The van der Waals surface area contributed by atoms with Crippen LogP contribution in [0.4, 0.5) is 5.69 Å². The van der Waals surface area contributed by atoms with Crippen molar-refractivity contribution < 1.29 is 29.1 Å². The smallest absolute Gasteiger partial charge is 0.295 e. The summed E-state index contributed by atoms with van der Waals surface area (Å²) < 4.78 is 10.8. The summed E-state index contributed by atoms with van der Waals surface area (Å²) >= 11 is 0. The summed E-state index contributed by atoms with van der Waals surface area (Å²) in [5.41, 5.74) is 0.414. The van der Waals surface area contributed by atoms with E-state index in [0.29, 0.717) is 56.3 Å². The molecule has 10 nitrogen and oxygen atoms in total. The molecule has 2 aliphatic rings. The molecule has 2 aromatic carbocycles. The Morgan fingerprint density at radius 1 is 1.17 bits per heavy atom. The molecule has 0 spiro atoms. The van der Waals surface area contributed by atoms with Crippen molar-refractivity contribution in [2.75, 3.05) is 46.0 Å². The van der Waals surface area contributed by atoms with Crippen LogP contribution >= 0.6 is 0 Å². The second-order valence-corrected chi connectivity index (χ2v) is 8.42. The van der Waals surface area contributed by atoms with Crippen molar-refractivity contribution in [3.05, 3.63) is 88.0 Å². The molecular weight excluding hydrogens is 466 g/mol. The first-order valence-electron chi connectivity index (χ1n) is 11.6. The molecular formula is C26H27N3O7. The van der Waals surface area contributed by atoms with Gasteiger partial charge in [-0.15, -0.1) is 0 Å². The van der Waals surface area contributed by atoms with Gasteiger partial charge in [0.15, 0.2) is 0 Å². The molecule has 0 bridgehead atoms. The minimum atomic E-state index is -0.970. The number of ether oxygens (including phenoxy) is 2. The average Bonchev–Trinajstić information content (AvgIpc) is 3.16. The van der Waals surface area contributed by atoms with Crippen molar-refractivity contribution >= 4 is 23.1 Å². The fraction of sp³-hybridized carbons (Fsp3) is 0.308. The van der Waals surface area contributed by atoms with E-state index in [0.717, 1.165) is 0 Å². The lowest BCUT2D eigenvalue weighted by Gasteiger charge is -2.31. The van der Waals surface area contributed by atoms with Gasteiger partial charge in [0.25, 0.3) is 17.4 Å². The van der Waals surface area contributed by atoms with Crippen LogP contribution in [0.1, 0.15) is 17.2 Å². The van der Waals surface area contributed by atoms with Crippen LogP contribution in [0, 0.1) is 10.1 Å². The Morgan fingerprint density at radius 3 is 2.56 bits per heavy atom. The number of ketones is 1. The largest absolute Gasteiger partial charge is 0.507 e. The van der Waals surface area contributed by atoms with E-state index >= 15 is 0 Å². The Bertz CT molecular complexity index is 1190. The number of non-ortho nitro benzene ring substituents is 1. The molecule has 2 heterocycles. The number of nitrogens with zero attached hydrogens (tertiary/aromatic N) is 3. The molecule has 0 aliphatic carbocycles. The number of morpholine rings is 1. The molecule has 188 valence electrons. The van der Waals surface area contributed by atoms with Gasteiger partial charge in [-0.1, -0.05) is 24.8 Å². The van der Waals surface area contributed by atoms with E-state index in [1.54, 1.807) is 36.4 Å². The third-order valence-electron chi connectivity index (χ3n) is 6.19. The Morgan fingerprint density at radius 2 is 1.89 bits per heavy atom. The molecule has 0 unspecified atom stereocenters. The van der Waals surface area contributed by atoms with Crippen LogP contribution in [-0.2, 0) is 14.3 Å². The normalized spacial score (nSPS) is 19.9. The molecule has 2 aliphatic heterocycles. The maximum atomic E-state index is 13.2. The molecule has 1 N–H and O–H groups in total. The molecule has 2 aromatic rings. The van der Waals surface area contributed by atoms with E-state index in [1.807, 2.05) is 0 Å². The highest BCUT2D eigenvalue weighted by atomic mass is 16.6. The first-order valence-corrected chi connectivity index (χ1v) is 11.6. The Hall–Kier alpha value is -4.02. The topological polar surface area (TPSA) is 122 Å². The van der Waals surface area contributed by atoms with Crippen molar-refractivity contribution in [3.63, 3.8) is 0 Å². The lowest BCUT2D eigenvalue weighted by molar-refractivity contribution is -0.384. The summed E-state index contributed by atoms with van der Waals surface area (Å²) in [6, 6.07) is 11.3. The van der Waals surface area contributed by atoms with Gasteiger partial charge in [-0.25, -0.2) is 0 Å². The van der Waals surface area contributed by atoms with Crippen molar-refractivity contribution in [1.29, 1.82) is 0 Å².